The molecule has 33 heavy (non-hydrogen) atoms. The number of rotatable bonds is 7. The summed E-state index contributed by atoms with van der Waals surface area (Å²) >= 11 is 0. The molecule has 0 fully saturated rings. The molecule has 170 valence electrons. The quantitative estimate of drug-likeness (QED) is 0.463. The van der Waals surface area contributed by atoms with Crippen LogP contribution in [0.3, 0.4) is 0 Å². The molecule has 0 spiro atoms. The van der Waals surface area contributed by atoms with Gasteiger partial charge in [0.2, 0.25) is 5.82 Å². The molecule has 7 nitrogen and oxygen atoms in total. The predicted molar refractivity (Wildman–Crippen MR) is 113 cm³/mol. The normalized spacial score (nSPS) is 14.1. The van der Waals surface area contributed by atoms with Crippen LogP contribution in [0.15, 0.2) is 72.3 Å². The van der Waals surface area contributed by atoms with Gasteiger partial charge in [0.1, 0.15) is 29.9 Å². The fraction of sp³-hybridized carbons (Fsp3) is 0.217. The Morgan fingerprint density at radius 1 is 1.09 bits per heavy atom. The molecule has 4 rings (SSSR count). The second-order valence-corrected chi connectivity index (χ2v) is 7.73. The fourth-order valence-corrected chi connectivity index (χ4v) is 3.75. The maximum atomic E-state index is 15.2. The zero-order chi connectivity index (χ0) is 23.6. The Balaban J connectivity index is 1.76. The van der Waals surface area contributed by atoms with Gasteiger partial charge in [0.05, 0.1) is 25.1 Å². The highest BCUT2D eigenvalue weighted by atomic mass is 19.1. The SMILES string of the molecule is C[C@@H](c1ncn(Cc2ccccc2)c(=O)c1F)[C@@](O)(Cn1cncn1)c1ccc(F)cc1F. The van der Waals surface area contributed by atoms with Crippen LogP contribution in [0.25, 0.3) is 0 Å². The van der Waals surface area contributed by atoms with Crippen LogP contribution in [-0.4, -0.2) is 29.4 Å². The van der Waals surface area contributed by atoms with Crippen molar-refractivity contribution in [3.8, 4) is 0 Å². The van der Waals surface area contributed by atoms with Crippen LogP contribution < -0.4 is 5.56 Å². The molecule has 0 unspecified atom stereocenters. The summed E-state index contributed by atoms with van der Waals surface area (Å²) in [5, 5.41) is 15.5. The Morgan fingerprint density at radius 2 is 1.85 bits per heavy atom. The summed E-state index contributed by atoms with van der Waals surface area (Å²) in [6, 6.07) is 11.7. The summed E-state index contributed by atoms with van der Waals surface area (Å²) in [4.78, 5) is 20.6. The van der Waals surface area contributed by atoms with Crippen molar-refractivity contribution >= 4 is 0 Å². The second-order valence-electron chi connectivity index (χ2n) is 7.73. The standard InChI is InChI=1S/C23H20F3N5O2/c1-15(21-20(26)22(32)30(14-28-21)10-16-5-3-2-4-6-16)23(33,11-31-13-27-12-29-31)18-8-7-17(24)9-19(18)25/h2-9,12-15,33H,10-11H2,1H3/t15-,23-/m0/s1. The highest BCUT2D eigenvalue weighted by Crippen LogP contribution is 2.39. The number of aromatic nitrogens is 5. The Bertz CT molecular complexity index is 1310. The van der Waals surface area contributed by atoms with E-state index in [9.17, 15) is 18.7 Å². The molecule has 0 saturated heterocycles. The van der Waals surface area contributed by atoms with Crippen LogP contribution in [0.1, 0.15) is 29.7 Å². The van der Waals surface area contributed by atoms with Gasteiger partial charge in [0.25, 0.3) is 5.56 Å². The molecule has 0 radical (unpaired) electrons. The van der Waals surface area contributed by atoms with Crippen molar-refractivity contribution in [1.29, 1.82) is 0 Å². The monoisotopic (exact) mass is 455 g/mol. The number of nitrogens with zero attached hydrogens (tertiary/aromatic N) is 5. The van der Waals surface area contributed by atoms with Crippen LogP contribution >= 0.6 is 0 Å². The first-order valence-electron chi connectivity index (χ1n) is 10.1. The van der Waals surface area contributed by atoms with Crippen molar-refractivity contribution < 1.29 is 18.3 Å². The van der Waals surface area contributed by atoms with E-state index in [-0.39, 0.29) is 24.3 Å². The minimum absolute atomic E-state index is 0.105. The zero-order valence-corrected chi connectivity index (χ0v) is 17.6. The summed E-state index contributed by atoms with van der Waals surface area (Å²) in [5.74, 6) is -4.23. The summed E-state index contributed by atoms with van der Waals surface area (Å²) in [6.07, 6.45) is 3.69. The molecule has 0 amide bonds. The van der Waals surface area contributed by atoms with Crippen molar-refractivity contribution in [1.82, 2.24) is 24.3 Å². The van der Waals surface area contributed by atoms with Crippen LogP contribution in [0.2, 0.25) is 0 Å². The maximum absolute atomic E-state index is 15.2. The van der Waals surface area contributed by atoms with Crippen molar-refractivity contribution in [2.75, 3.05) is 0 Å². The van der Waals surface area contributed by atoms with Gasteiger partial charge < -0.3 is 5.11 Å². The predicted octanol–water partition coefficient (Wildman–Crippen LogP) is 2.99. The van der Waals surface area contributed by atoms with Gasteiger partial charge in [-0.05, 0) is 11.6 Å². The Hall–Kier alpha value is -3.79. The molecular formula is C23H20F3N5O2. The molecule has 0 saturated carbocycles. The van der Waals surface area contributed by atoms with E-state index < -0.39 is 34.5 Å². The number of hydrogen-bond acceptors (Lipinski definition) is 5. The summed E-state index contributed by atoms with van der Waals surface area (Å²) < 4.78 is 45.8. The third-order valence-corrected chi connectivity index (χ3v) is 5.60. The lowest BCUT2D eigenvalue weighted by molar-refractivity contribution is -0.0135. The lowest BCUT2D eigenvalue weighted by atomic mass is 9.79. The van der Waals surface area contributed by atoms with Crippen LogP contribution in [-0.2, 0) is 18.7 Å². The first kappa shape index (κ1) is 22.4. The summed E-state index contributed by atoms with van der Waals surface area (Å²) in [6.45, 7) is 1.17. The van der Waals surface area contributed by atoms with Gasteiger partial charge in [-0.15, -0.1) is 0 Å². The molecular weight excluding hydrogens is 435 g/mol. The molecule has 2 heterocycles. The number of halogens is 3. The van der Waals surface area contributed by atoms with E-state index in [1.165, 1.54) is 30.6 Å². The van der Waals surface area contributed by atoms with E-state index in [0.717, 1.165) is 22.3 Å². The van der Waals surface area contributed by atoms with E-state index in [4.69, 9.17) is 0 Å². The topological polar surface area (TPSA) is 85.8 Å². The molecule has 0 aliphatic carbocycles. The highest BCUT2D eigenvalue weighted by molar-refractivity contribution is 5.30. The highest BCUT2D eigenvalue weighted by Gasteiger charge is 2.42. The minimum atomic E-state index is -2.13. The van der Waals surface area contributed by atoms with Crippen LogP contribution in [0.5, 0.6) is 0 Å². The maximum Gasteiger partial charge on any atom is 0.289 e. The van der Waals surface area contributed by atoms with Gasteiger partial charge in [-0.1, -0.05) is 43.3 Å². The van der Waals surface area contributed by atoms with Gasteiger partial charge in [-0.2, -0.15) is 9.49 Å². The Morgan fingerprint density at radius 3 is 2.52 bits per heavy atom. The molecule has 0 bridgehead atoms. The number of hydrogen-bond donors (Lipinski definition) is 1. The van der Waals surface area contributed by atoms with Gasteiger partial charge >= 0.3 is 0 Å². The molecule has 2 atom stereocenters. The first-order valence-corrected chi connectivity index (χ1v) is 10.1. The van der Waals surface area contributed by atoms with Gasteiger partial charge in [-0.3, -0.25) is 9.36 Å². The molecule has 2 aromatic carbocycles. The number of benzene rings is 2. The average molecular weight is 455 g/mol. The van der Waals surface area contributed by atoms with Crippen LogP contribution in [0.4, 0.5) is 13.2 Å². The zero-order valence-electron chi connectivity index (χ0n) is 17.6. The molecule has 0 aliphatic rings. The largest absolute Gasteiger partial charge is 0.382 e. The Labute approximate surface area is 186 Å². The van der Waals surface area contributed by atoms with Crippen LogP contribution in [0, 0.1) is 17.5 Å². The third kappa shape index (κ3) is 4.42. The second kappa shape index (κ2) is 8.99. The van der Waals surface area contributed by atoms with Crippen molar-refractivity contribution in [2.45, 2.75) is 31.5 Å². The molecule has 1 N–H and O–H groups in total. The van der Waals surface area contributed by atoms with E-state index in [0.29, 0.717) is 6.07 Å². The van der Waals surface area contributed by atoms with Gasteiger partial charge in [0, 0.05) is 17.5 Å². The van der Waals surface area contributed by atoms with E-state index in [2.05, 4.69) is 15.1 Å². The molecule has 10 heteroatoms. The molecule has 2 aromatic heterocycles. The van der Waals surface area contributed by atoms with Gasteiger partial charge in [0.15, 0.2) is 0 Å². The smallest absolute Gasteiger partial charge is 0.289 e. The van der Waals surface area contributed by atoms with Crippen molar-refractivity contribution in [3.05, 3.63) is 112 Å². The summed E-state index contributed by atoms with van der Waals surface area (Å²) in [5.41, 5.74) is -2.93. The fourth-order valence-electron chi connectivity index (χ4n) is 3.75. The first-order chi connectivity index (χ1) is 15.8. The van der Waals surface area contributed by atoms with E-state index in [1.807, 2.05) is 6.07 Å². The van der Waals surface area contributed by atoms with Gasteiger partial charge in [-0.25, -0.2) is 23.4 Å². The molecule has 0 aliphatic heterocycles. The summed E-state index contributed by atoms with van der Waals surface area (Å²) in [7, 11) is 0. The van der Waals surface area contributed by atoms with E-state index in [1.54, 1.807) is 24.3 Å². The van der Waals surface area contributed by atoms with Crippen molar-refractivity contribution in [3.63, 3.8) is 0 Å². The van der Waals surface area contributed by atoms with E-state index >= 15 is 4.39 Å². The number of aliphatic hydroxyl groups is 1. The van der Waals surface area contributed by atoms with Crippen molar-refractivity contribution in [2.24, 2.45) is 0 Å². The lowest BCUT2D eigenvalue weighted by Crippen LogP contribution is -2.40. The average Bonchev–Trinajstić information content (AvgIpc) is 3.30. The molecule has 4 aromatic rings. The lowest BCUT2D eigenvalue weighted by Gasteiger charge is -2.34. The third-order valence-electron chi connectivity index (χ3n) is 5.60. The minimum Gasteiger partial charge on any atom is -0.382 e. The Kier molecular flexibility index (Phi) is 6.10.